The van der Waals surface area contributed by atoms with Gasteiger partial charge in [0.25, 0.3) is 5.91 Å². The number of rotatable bonds is 4. The fourth-order valence-corrected chi connectivity index (χ4v) is 2.76. The lowest BCUT2D eigenvalue weighted by Gasteiger charge is -2.06. The van der Waals surface area contributed by atoms with E-state index in [0.717, 1.165) is 5.75 Å². The fourth-order valence-electron chi connectivity index (χ4n) is 1.81. The zero-order valence-corrected chi connectivity index (χ0v) is 12.5. The first-order chi connectivity index (χ1) is 9.60. The minimum Gasteiger partial charge on any atom is -0.290 e. The van der Waals surface area contributed by atoms with Gasteiger partial charge in [0.2, 0.25) is 0 Å². The Labute approximate surface area is 123 Å². The number of carbonyl (C=O) groups excluding carboxylic acids is 1. The van der Waals surface area contributed by atoms with E-state index in [1.54, 1.807) is 23.9 Å². The highest BCUT2D eigenvalue weighted by atomic mass is 32.2. The molecule has 0 aromatic heterocycles. The molecule has 104 valence electrons. The van der Waals surface area contributed by atoms with Gasteiger partial charge in [-0.05, 0) is 54.8 Å². The first kappa shape index (κ1) is 14.6. The van der Waals surface area contributed by atoms with Crippen LogP contribution in [-0.4, -0.2) is 5.91 Å². The minimum atomic E-state index is -0.265. The zero-order valence-electron chi connectivity index (χ0n) is 11.6. The highest BCUT2D eigenvalue weighted by Gasteiger charge is 2.03. The molecule has 0 radical (unpaired) electrons. The van der Waals surface area contributed by atoms with Gasteiger partial charge in [-0.15, -0.1) is 11.8 Å². The third kappa shape index (κ3) is 3.62. The van der Waals surface area contributed by atoms with Crippen molar-refractivity contribution in [2.45, 2.75) is 24.5 Å². The van der Waals surface area contributed by atoms with Gasteiger partial charge in [0.05, 0.1) is 0 Å². The maximum absolute atomic E-state index is 11.3. The normalized spacial score (nSPS) is 10.3. The van der Waals surface area contributed by atoms with Crippen LogP contribution in [-0.2, 0) is 5.75 Å². The molecule has 0 bridgehead atoms. The van der Waals surface area contributed by atoms with Crippen LogP contribution < -0.4 is 11.3 Å². The Bertz CT molecular complexity index is 608. The Morgan fingerprint density at radius 2 is 1.80 bits per heavy atom. The van der Waals surface area contributed by atoms with Crippen LogP contribution in [0.2, 0.25) is 0 Å². The van der Waals surface area contributed by atoms with Crippen molar-refractivity contribution in [3.63, 3.8) is 0 Å². The van der Waals surface area contributed by atoms with Crippen LogP contribution in [0.5, 0.6) is 0 Å². The molecule has 3 N–H and O–H groups in total. The van der Waals surface area contributed by atoms with E-state index in [9.17, 15) is 4.79 Å². The van der Waals surface area contributed by atoms with E-state index in [1.807, 2.05) is 12.1 Å². The molecular weight excluding hydrogens is 268 g/mol. The molecule has 2 aromatic rings. The van der Waals surface area contributed by atoms with E-state index in [-0.39, 0.29) is 5.91 Å². The third-order valence-corrected chi connectivity index (χ3v) is 4.30. The predicted octanol–water partition coefficient (Wildman–Crippen LogP) is 3.20. The van der Waals surface area contributed by atoms with Crippen molar-refractivity contribution in [1.29, 1.82) is 0 Å². The maximum Gasteiger partial charge on any atom is 0.265 e. The van der Waals surface area contributed by atoms with Crippen LogP contribution in [0.15, 0.2) is 47.4 Å². The molecule has 0 saturated heterocycles. The van der Waals surface area contributed by atoms with E-state index in [0.29, 0.717) is 5.56 Å². The quantitative estimate of drug-likeness (QED) is 0.393. The molecule has 1 amide bonds. The molecule has 0 aliphatic heterocycles. The van der Waals surface area contributed by atoms with Crippen LogP contribution in [0, 0.1) is 13.8 Å². The van der Waals surface area contributed by atoms with Gasteiger partial charge in [-0.2, -0.15) is 0 Å². The molecule has 20 heavy (non-hydrogen) atoms. The lowest BCUT2D eigenvalue weighted by atomic mass is 10.1. The lowest BCUT2D eigenvalue weighted by Crippen LogP contribution is -2.29. The number of thioether (sulfide) groups is 1. The molecule has 0 atom stereocenters. The van der Waals surface area contributed by atoms with E-state index in [1.165, 1.54) is 21.6 Å². The summed E-state index contributed by atoms with van der Waals surface area (Å²) in [4.78, 5) is 12.6. The van der Waals surface area contributed by atoms with Crippen LogP contribution in [0.25, 0.3) is 0 Å². The van der Waals surface area contributed by atoms with Crippen LogP contribution in [0.3, 0.4) is 0 Å². The number of hydrogen-bond acceptors (Lipinski definition) is 3. The van der Waals surface area contributed by atoms with Gasteiger partial charge in [0.15, 0.2) is 0 Å². The summed E-state index contributed by atoms with van der Waals surface area (Å²) in [5.74, 6) is 5.72. The second-order valence-corrected chi connectivity index (χ2v) is 5.75. The average Bonchev–Trinajstić information content (AvgIpc) is 2.48. The Morgan fingerprint density at radius 3 is 2.40 bits per heavy atom. The van der Waals surface area contributed by atoms with Crippen LogP contribution in [0.1, 0.15) is 27.0 Å². The summed E-state index contributed by atoms with van der Waals surface area (Å²) in [7, 11) is 0. The molecule has 0 aliphatic rings. The number of amides is 1. The highest BCUT2D eigenvalue weighted by molar-refractivity contribution is 7.98. The van der Waals surface area contributed by atoms with Gasteiger partial charge in [0.1, 0.15) is 0 Å². The standard InChI is InChI=1S/C16H18N2OS/c1-11-3-8-15(9-12(11)2)20-10-13-4-6-14(7-5-13)16(19)18-17/h3-9H,10,17H2,1-2H3,(H,18,19). The monoisotopic (exact) mass is 286 g/mol. The smallest absolute Gasteiger partial charge is 0.265 e. The van der Waals surface area contributed by atoms with Gasteiger partial charge >= 0.3 is 0 Å². The minimum absolute atomic E-state index is 0.265. The number of aryl methyl sites for hydroxylation is 2. The lowest BCUT2D eigenvalue weighted by molar-refractivity contribution is 0.0953. The van der Waals surface area contributed by atoms with E-state index < -0.39 is 0 Å². The average molecular weight is 286 g/mol. The van der Waals surface area contributed by atoms with Gasteiger partial charge in [-0.25, -0.2) is 5.84 Å². The van der Waals surface area contributed by atoms with Crippen molar-refractivity contribution in [1.82, 2.24) is 5.43 Å². The zero-order chi connectivity index (χ0) is 14.5. The van der Waals surface area contributed by atoms with Gasteiger partial charge in [0, 0.05) is 16.2 Å². The molecule has 4 heteroatoms. The Morgan fingerprint density at radius 1 is 1.10 bits per heavy atom. The molecule has 0 aliphatic carbocycles. The SMILES string of the molecule is Cc1ccc(SCc2ccc(C(=O)NN)cc2)cc1C. The molecule has 0 spiro atoms. The maximum atomic E-state index is 11.3. The summed E-state index contributed by atoms with van der Waals surface area (Å²) in [5.41, 5.74) is 6.51. The van der Waals surface area contributed by atoms with Crippen molar-refractivity contribution in [3.8, 4) is 0 Å². The van der Waals surface area contributed by atoms with E-state index in [2.05, 4.69) is 37.5 Å². The third-order valence-electron chi connectivity index (χ3n) is 3.23. The summed E-state index contributed by atoms with van der Waals surface area (Å²) in [6.07, 6.45) is 0. The van der Waals surface area contributed by atoms with E-state index in [4.69, 9.17) is 5.84 Å². The summed E-state index contributed by atoms with van der Waals surface area (Å²) in [5, 5.41) is 0. The number of nitrogen functional groups attached to an aromatic ring is 1. The number of benzene rings is 2. The molecular formula is C16H18N2OS. The highest BCUT2D eigenvalue weighted by Crippen LogP contribution is 2.24. The van der Waals surface area contributed by atoms with Gasteiger partial charge in [-0.1, -0.05) is 18.2 Å². The largest absolute Gasteiger partial charge is 0.290 e. The molecule has 2 aromatic carbocycles. The number of nitrogens with two attached hydrogens (primary N) is 1. The Hall–Kier alpha value is -1.78. The molecule has 0 heterocycles. The van der Waals surface area contributed by atoms with Crippen LogP contribution >= 0.6 is 11.8 Å². The summed E-state index contributed by atoms with van der Waals surface area (Å²) in [6, 6.07) is 14.0. The molecule has 0 fully saturated rings. The van der Waals surface area contributed by atoms with Crippen LogP contribution in [0.4, 0.5) is 0 Å². The molecule has 3 nitrogen and oxygen atoms in total. The number of nitrogens with one attached hydrogen (secondary N) is 1. The molecule has 0 unspecified atom stereocenters. The predicted molar refractivity (Wildman–Crippen MR) is 83.6 cm³/mol. The number of carbonyl (C=O) groups is 1. The van der Waals surface area contributed by atoms with E-state index >= 15 is 0 Å². The van der Waals surface area contributed by atoms with Crippen molar-refractivity contribution < 1.29 is 4.79 Å². The summed E-state index contributed by atoms with van der Waals surface area (Å²) < 4.78 is 0. The van der Waals surface area contributed by atoms with Crippen molar-refractivity contribution >= 4 is 17.7 Å². The Kier molecular flexibility index (Phi) is 4.82. The molecule has 2 rings (SSSR count). The first-order valence-corrected chi connectivity index (χ1v) is 7.38. The topological polar surface area (TPSA) is 55.1 Å². The van der Waals surface area contributed by atoms with Crippen molar-refractivity contribution in [2.75, 3.05) is 0 Å². The second-order valence-electron chi connectivity index (χ2n) is 4.71. The van der Waals surface area contributed by atoms with Crippen molar-refractivity contribution in [3.05, 3.63) is 64.7 Å². The first-order valence-electron chi connectivity index (χ1n) is 6.40. The Balaban J connectivity index is 2.00. The summed E-state index contributed by atoms with van der Waals surface area (Å²) in [6.45, 7) is 4.24. The molecule has 0 saturated carbocycles. The van der Waals surface area contributed by atoms with Gasteiger partial charge in [-0.3, -0.25) is 10.2 Å². The number of hydrazine groups is 1. The summed E-state index contributed by atoms with van der Waals surface area (Å²) >= 11 is 1.79. The number of hydrogen-bond donors (Lipinski definition) is 2. The van der Waals surface area contributed by atoms with Crippen molar-refractivity contribution in [2.24, 2.45) is 5.84 Å². The fraction of sp³-hybridized carbons (Fsp3) is 0.188. The van der Waals surface area contributed by atoms with Gasteiger partial charge < -0.3 is 0 Å². The second kappa shape index (κ2) is 6.59.